The fourth-order valence-electron chi connectivity index (χ4n) is 2.61. The average molecular weight is 354 g/mol. The van der Waals surface area contributed by atoms with Gasteiger partial charge in [0.05, 0.1) is 5.92 Å². The van der Waals surface area contributed by atoms with Gasteiger partial charge in [0, 0.05) is 17.1 Å². The van der Waals surface area contributed by atoms with E-state index in [0.29, 0.717) is 13.0 Å². The predicted octanol–water partition coefficient (Wildman–Crippen LogP) is 4.80. The van der Waals surface area contributed by atoms with Crippen LogP contribution in [0.15, 0.2) is 22.7 Å². The third-order valence-electron chi connectivity index (χ3n) is 3.73. The highest BCUT2D eigenvalue weighted by atomic mass is 79.9. The van der Waals surface area contributed by atoms with Crippen molar-refractivity contribution in [2.75, 3.05) is 0 Å². The summed E-state index contributed by atoms with van der Waals surface area (Å²) in [5, 5.41) is 3.11. The normalized spacial score (nSPS) is 23.9. The highest BCUT2D eigenvalue weighted by Gasteiger charge is 2.41. The van der Waals surface area contributed by atoms with Crippen LogP contribution in [0.1, 0.15) is 31.2 Å². The van der Waals surface area contributed by atoms with Crippen LogP contribution in [0, 0.1) is 11.7 Å². The lowest BCUT2D eigenvalue weighted by Gasteiger charge is -2.31. The van der Waals surface area contributed by atoms with Gasteiger partial charge < -0.3 is 5.32 Å². The smallest absolute Gasteiger partial charge is 0.310 e. The third-order valence-corrected chi connectivity index (χ3v) is 4.50. The third kappa shape index (κ3) is 4.19. The summed E-state index contributed by atoms with van der Waals surface area (Å²) in [4.78, 5) is 0. The first-order valence-electron chi connectivity index (χ1n) is 6.60. The topological polar surface area (TPSA) is 12.0 Å². The zero-order valence-electron chi connectivity index (χ0n) is 10.8. The van der Waals surface area contributed by atoms with Gasteiger partial charge in [-0.05, 0) is 43.0 Å². The first-order valence-corrected chi connectivity index (χ1v) is 7.39. The Labute approximate surface area is 123 Å². The molecule has 1 aliphatic carbocycles. The molecule has 1 saturated carbocycles. The van der Waals surface area contributed by atoms with Crippen molar-refractivity contribution in [2.24, 2.45) is 5.92 Å². The first-order chi connectivity index (χ1) is 9.36. The van der Waals surface area contributed by atoms with E-state index in [1.807, 2.05) is 0 Å². The van der Waals surface area contributed by atoms with Gasteiger partial charge in [0.15, 0.2) is 0 Å². The summed E-state index contributed by atoms with van der Waals surface area (Å²) in [5.74, 6) is -1.56. The Kier molecular flexibility index (Phi) is 5.07. The molecule has 2 unspecified atom stereocenters. The Hall–Kier alpha value is -0.620. The molecule has 0 heterocycles. The minimum Gasteiger partial charge on any atom is -0.310 e. The van der Waals surface area contributed by atoms with Gasteiger partial charge in [0.2, 0.25) is 0 Å². The maximum Gasteiger partial charge on any atom is 0.391 e. The summed E-state index contributed by atoms with van der Waals surface area (Å²) in [6, 6.07) is 4.17. The van der Waals surface area contributed by atoms with Crippen LogP contribution in [0.4, 0.5) is 17.6 Å². The zero-order chi connectivity index (χ0) is 14.8. The molecule has 0 radical (unpaired) electrons. The van der Waals surface area contributed by atoms with Crippen molar-refractivity contribution in [1.82, 2.24) is 5.32 Å². The van der Waals surface area contributed by atoms with Gasteiger partial charge in [-0.3, -0.25) is 0 Å². The Balaban J connectivity index is 1.92. The fraction of sp³-hybridized carbons (Fsp3) is 0.571. The molecule has 6 heteroatoms. The summed E-state index contributed by atoms with van der Waals surface area (Å²) < 4.78 is 52.0. The first kappa shape index (κ1) is 15.8. The van der Waals surface area contributed by atoms with Gasteiger partial charge in [-0.2, -0.15) is 13.2 Å². The Morgan fingerprint density at radius 3 is 2.70 bits per heavy atom. The van der Waals surface area contributed by atoms with Crippen LogP contribution in [0.25, 0.3) is 0 Å². The molecule has 1 aromatic rings. The van der Waals surface area contributed by atoms with Crippen LogP contribution >= 0.6 is 15.9 Å². The molecular formula is C14H16BrF4N. The average Bonchev–Trinajstić information content (AvgIpc) is 2.39. The van der Waals surface area contributed by atoms with Crippen molar-refractivity contribution in [1.29, 1.82) is 0 Å². The quantitative estimate of drug-likeness (QED) is 0.769. The number of halogens is 5. The van der Waals surface area contributed by atoms with Crippen LogP contribution in [0.5, 0.6) is 0 Å². The van der Waals surface area contributed by atoms with Gasteiger partial charge in [-0.25, -0.2) is 4.39 Å². The lowest BCUT2D eigenvalue weighted by Crippen LogP contribution is -2.38. The van der Waals surface area contributed by atoms with E-state index >= 15 is 0 Å². The van der Waals surface area contributed by atoms with E-state index in [2.05, 4.69) is 21.2 Å². The van der Waals surface area contributed by atoms with Gasteiger partial charge in [-0.1, -0.05) is 22.4 Å². The maximum atomic E-state index is 13.1. The Bertz CT molecular complexity index is 461. The molecule has 0 amide bonds. The fourth-order valence-corrected chi connectivity index (χ4v) is 2.99. The SMILES string of the molecule is Fc1ccc(Br)c(CNC2CCCC(C(F)(F)F)C2)c1. The number of nitrogens with one attached hydrogen (secondary N) is 1. The van der Waals surface area contributed by atoms with Crippen molar-refractivity contribution >= 4 is 15.9 Å². The number of hydrogen-bond acceptors (Lipinski definition) is 1. The van der Waals surface area contributed by atoms with E-state index in [9.17, 15) is 17.6 Å². The van der Waals surface area contributed by atoms with E-state index in [0.717, 1.165) is 16.5 Å². The van der Waals surface area contributed by atoms with Crippen molar-refractivity contribution in [3.05, 3.63) is 34.1 Å². The van der Waals surface area contributed by atoms with Crippen LogP contribution in [-0.4, -0.2) is 12.2 Å². The lowest BCUT2D eigenvalue weighted by molar-refractivity contribution is -0.183. The van der Waals surface area contributed by atoms with Gasteiger partial charge in [-0.15, -0.1) is 0 Å². The maximum absolute atomic E-state index is 13.1. The molecule has 1 N–H and O–H groups in total. The van der Waals surface area contributed by atoms with Gasteiger partial charge >= 0.3 is 6.18 Å². The largest absolute Gasteiger partial charge is 0.391 e. The van der Waals surface area contributed by atoms with E-state index in [-0.39, 0.29) is 24.7 Å². The monoisotopic (exact) mass is 353 g/mol. The zero-order valence-corrected chi connectivity index (χ0v) is 12.4. The molecule has 0 bridgehead atoms. The second-order valence-electron chi connectivity index (χ2n) is 5.22. The molecule has 1 fully saturated rings. The molecular weight excluding hydrogens is 338 g/mol. The van der Waals surface area contributed by atoms with E-state index in [1.165, 1.54) is 12.1 Å². The molecule has 2 rings (SSSR count). The molecule has 1 aromatic carbocycles. The minimum absolute atomic E-state index is 0.108. The molecule has 0 aliphatic heterocycles. The summed E-state index contributed by atoms with van der Waals surface area (Å²) in [7, 11) is 0. The van der Waals surface area contributed by atoms with Gasteiger partial charge in [0.1, 0.15) is 5.82 Å². The number of benzene rings is 1. The molecule has 0 saturated heterocycles. The number of rotatable bonds is 3. The van der Waals surface area contributed by atoms with Gasteiger partial charge in [0.25, 0.3) is 0 Å². The number of hydrogen-bond donors (Lipinski definition) is 1. The second-order valence-corrected chi connectivity index (χ2v) is 6.07. The van der Waals surface area contributed by atoms with Crippen LogP contribution in [0.3, 0.4) is 0 Å². The molecule has 1 aliphatic rings. The molecule has 0 aromatic heterocycles. The van der Waals surface area contributed by atoms with Crippen LogP contribution < -0.4 is 5.32 Å². The minimum atomic E-state index is -4.11. The van der Waals surface area contributed by atoms with Crippen molar-refractivity contribution in [2.45, 2.75) is 44.4 Å². The van der Waals surface area contributed by atoms with E-state index < -0.39 is 12.1 Å². The second kappa shape index (κ2) is 6.43. The predicted molar refractivity (Wildman–Crippen MR) is 72.7 cm³/mol. The molecule has 0 spiro atoms. The lowest BCUT2D eigenvalue weighted by atomic mass is 9.85. The van der Waals surface area contributed by atoms with E-state index in [1.54, 1.807) is 6.07 Å². The molecule has 1 nitrogen and oxygen atoms in total. The number of alkyl halides is 3. The molecule has 20 heavy (non-hydrogen) atoms. The summed E-state index contributed by atoms with van der Waals surface area (Å²) in [6.45, 7) is 0.369. The highest BCUT2D eigenvalue weighted by Crippen LogP contribution is 2.37. The summed E-state index contributed by atoms with van der Waals surface area (Å²) in [5.41, 5.74) is 0.721. The highest BCUT2D eigenvalue weighted by molar-refractivity contribution is 9.10. The molecule has 112 valence electrons. The summed E-state index contributed by atoms with van der Waals surface area (Å²) in [6.07, 6.45) is -2.48. The van der Waals surface area contributed by atoms with Crippen LogP contribution in [0.2, 0.25) is 0 Å². The Morgan fingerprint density at radius 2 is 2.00 bits per heavy atom. The van der Waals surface area contributed by atoms with Crippen LogP contribution in [-0.2, 0) is 6.54 Å². The van der Waals surface area contributed by atoms with E-state index in [4.69, 9.17) is 0 Å². The van der Waals surface area contributed by atoms with Crippen molar-refractivity contribution < 1.29 is 17.6 Å². The summed E-state index contributed by atoms with van der Waals surface area (Å²) >= 11 is 3.31. The molecule has 2 atom stereocenters. The Morgan fingerprint density at radius 1 is 1.25 bits per heavy atom. The van der Waals surface area contributed by atoms with Crippen molar-refractivity contribution in [3.8, 4) is 0 Å². The standard InChI is InChI=1S/C14H16BrF4N/c15-13-5-4-11(16)6-9(13)8-20-12-3-1-2-10(7-12)14(17,18)19/h4-6,10,12,20H,1-3,7-8H2. The van der Waals surface area contributed by atoms with Crippen molar-refractivity contribution in [3.63, 3.8) is 0 Å².